The molecular weight excluding hydrogens is 301 g/mol. The second-order valence-electron chi connectivity index (χ2n) is 5.14. The number of rotatable bonds is 3. The van der Waals surface area contributed by atoms with Crippen LogP contribution in [-0.4, -0.2) is 29.4 Å². The molecule has 0 spiro atoms. The van der Waals surface area contributed by atoms with E-state index in [4.69, 9.17) is 0 Å². The van der Waals surface area contributed by atoms with Gasteiger partial charge in [0, 0.05) is 12.2 Å². The van der Waals surface area contributed by atoms with E-state index in [1.54, 1.807) is 24.6 Å². The molecule has 0 aliphatic heterocycles. The van der Waals surface area contributed by atoms with E-state index >= 15 is 0 Å². The third-order valence-corrected chi connectivity index (χ3v) is 4.39. The summed E-state index contributed by atoms with van der Waals surface area (Å²) in [5.41, 5.74) is 0.416. The summed E-state index contributed by atoms with van der Waals surface area (Å²) < 4.78 is 38.3. The first kappa shape index (κ1) is 16.1. The molecule has 1 amide bonds. The third kappa shape index (κ3) is 4.12. The Balaban J connectivity index is 2.02. The zero-order valence-corrected chi connectivity index (χ0v) is 12.4. The van der Waals surface area contributed by atoms with Gasteiger partial charge in [-0.2, -0.15) is 13.2 Å². The largest absolute Gasteiger partial charge is 0.391 e. The number of halogens is 3. The lowest BCUT2D eigenvalue weighted by molar-refractivity contribution is -0.183. The number of nitrogens with zero attached hydrogens (tertiary/aromatic N) is 1. The number of amides is 1. The fourth-order valence-electron chi connectivity index (χ4n) is 2.61. The van der Waals surface area contributed by atoms with E-state index in [2.05, 4.69) is 10.3 Å². The lowest BCUT2D eigenvalue weighted by Crippen LogP contribution is -2.41. The number of pyridine rings is 1. The van der Waals surface area contributed by atoms with Crippen LogP contribution in [0.5, 0.6) is 0 Å². The predicted molar refractivity (Wildman–Crippen MR) is 75.3 cm³/mol. The lowest BCUT2D eigenvalue weighted by atomic mass is 9.85. The van der Waals surface area contributed by atoms with Crippen LogP contribution in [-0.2, 0) is 0 Å². The van der Waals surface area contributed by atoms with Crippen LogP contribution in [0.2, 0.25) is 0 Å². The molecule has 0 bridgehead atoms. The van der Waals surface area contributed by atoms with Gasteiger partial charge in [-0.15, -0.1) is 11.8 Å². The average molecular weight is 318 g/mol. The summed E-state index contributed by atoms with van der Waals surface area (Å²) in [6.45, 7) is 0. The number of alkyl halides is 3. The summed E-state index contributed by atoms with van der Waals surface area (Å²) in [5.74, 6) is -1.66. The summed E-state index contributed by atoms with van der Waals surface area (Å²) in [7, 11) is 0. The smallest absolute Gasteiger partial charge is 0.349 e. The van der Waals surface area contributed by atoms with Crippen molar-refractivity contribution in [1.29, 1.82) is 0 Å². The van der Waals surface area contributed by atoms with Crippen LogP contribution in [0.15, 0.2) is 23.4 Å². The molecule has 1 aliphatic carbocycles. The lowest BCUT2D eigenvalue weighted by Gasteiger charge is -2.31. The molecule has 2 atom stereocenters. The Kier molecular flexibility index (Phi) is 5.13. The quantitative estimate of drug-likeness (QED) is 0.865. The zero-order chi connectivity index (χ0) is 15.5. The predicted octanol–water partition coefficient (Wildman–Crippen LogP) is 3.65. The number of carbonyl (C=O) groups is 1. The molecule has 0 unspecified atom stereocenters. The van der Waals surface area contributed by atoms with Gasteiger partial charge in [-0.05, 0) is 37.7 Å². The molecule has 21 heavy (non-hydrogen) atoms. The minimum absolute atomic E-state index is 0.0376. The van der Waals surface area contributed by atoms with E-state index in [1.807, 2.05) is 0 Å². The first-order valence-corrected chi connectivity index (χ1v) is 8.01. The third-order valence-electron chi connectivity index (χ3n) is 3.68. The maximum Gasteiger partial charge on any atom is 0.391 e. The van der Waals surface area contributed by atoms with Crippen molar-refractivity contribution in [2.24, 2.45) is 5.92 Å². The first-order valence-electron chi connectivity index (χ1n) is 6.78. The minimum Gasteiger partial charge on any atom is -0.349 e. The standard InChI is InChI=1S/C14H17F3N2OS/c1-21-13-11(6-3-7-18-13)12(20)19-10-5-2-4-9(8-10)14(15,16)17/h3,6-7,9-10H,2,4-5,8H2,1H3,(H,19,20)/t9-,10-/m0/s1. The van der Waals surface area contributed by atoms with Crippen LogP contribution in [0.1, 0.15) is 36.0 Å². The van der Waals surface area contributed by atoms with Gasteiger partial charge in [-0.3, -0.25) is 4.79 Å². The molecule has 116 valence electrons. The van der Waals surface area contributed by atoms with E-state index in [0.717, 1.165) is 0 Å². The van der Waals surface area contributed by atoms with Crippen molar-refractivity contribution in [3.8, 4) is 0 Å². The number of aromatic nitrogens is 1. The van der Waals surface area contributed by atoms with Crippen LogP contribution in [0.25, 0.3) is 0 Å². The molecule has 1 aliphatic rings. The van der Waals surface area contributed by atoms with Gasteiger partial charge in [0.25, 0.3) is 5.91 Å². The van der Waals surface area contributed by atoms with Gasteiger partial charge in [-0.1, -0.05) is 6.42 Å². The van der Waals surface area contributed by atoms with Crippen LogP contribution < -0.4 is 5.32 Å². The first-order chi connectivity index (χ1) is 9.91. The molecule has 7 heteroatoms. The zero-order valence-electron chi connectivity index (χ0n) is 11.6. The van der Waals surface area contributed by atoms with Gasteiger partial charge < -0.3 is 5.32 Å². The van der Waals surface area contributed by atoms with Crippen molar-refractivity contribution >= 4 is 17.7 Å². The van der Waals surface area contributed by atoms with Crippen molar-refractivity contribution < 1.29 is 18.0 Å². The number of thioether (sulfide) groups is 1. The maximum atomic E-state index is 12.8. The topological polar surface area (TPSA) is 42.0 Å². The summed E-state index contributed by atoms with van der Waals surface area (Å²) in [5, 5.41) is 3.30. The fraction of sp³-hybridized carbons (Fsp3) is 0.571. The van der Waals surface area contributed by atoms with Crippen molar-refractivity contribution in [2.45, 2.75) is 42.9 Å². The monoisotopic (exact) mass is 318 g/mol. The molecule has 1 saturated carbocycles. The van der Waals surface area contributed by atoms with Crippen LogP contribution in [0.3, 0.4) is 0 Å². The van der Waals surface area contributed by atoms with Gasteiger partial charge in [0.15, 0.2) is 0 Å². The van der Waals surface area contributed by atoms with Crippen molar-refractivity contribution in [3.63, 3.8) is 0 Å². The van der Waals surface area contributed by atoms with Gasteiger partial charge in [0.1, 0.15) is 5.03 Å². The molecule has 1 heterocycles. The Hall–Kier alpha value is -1.24. The Labute approximate surface area is 125 Å². The van der Waals surface area contributed by atoms with Crippen molar-refractivity contribution in [3.05, 3.63) is 23.9 Å². The van der Waals surface area contributed by atoms with Gasteiger partial charge in [0.2, 0.25) is 0 Å². The Morgan fingerprint density at radius 1 is 1.43 bits per heavy atom. The average Bonchev–Trinajstić information content (AvgIpc) is 2.46. The molecule has 0 aromatic carbocycles. The maximum absolute atomic E-state index is 12.8. The van der Waals surface area contributed by atoms with E-state index < -0.39 is 18.1 Å². The van der Waals surface area contributed by atoms with E-state index in [9.17, 15) is 18.0 Å². The molecule has 1 aromatic rings. The normalized spacial score (nSPS) is 22.9. The highest BCUT2D eigenvalue weighted by atomic mass is 32.2. The van der Waals surface area contributed by atoms with Gasteiger partial charge in [-0.25, -0.2) is 4.98 Å². The second-order valence-corrected chi connectivity index (χ2v) is 5.93. The molecule has 2 rings (SSSR count). The fourth-order valence-corrected chi connectivity index (χ4v) is 3.15. The number of nitrogens with one attached hydrogen (secondary N) is 1. The SMILES string of the molecule is CSc1ncccc1C(=O)N[C@H]1CCC[C@H](C(F)(F)F)C1. The molecule has 1 fully saturated rings. The molecule has 0 saturated heterocycles. The molecule has 0 radical (unpaired) electrons. The number of hydrogen-bond donors (Lipinski definition) is 1. The summed E-state index contributed by atoms with van der Waals surface area (Å²) in [6, 6.07) is 2.86. The summed E-state index contributed by atoms with van der Waals surface area (Å²) in [4.78, 5) is 16.3. The number of hydrogen-bond acceptors (Lipinski definition) is 3. The highest BCUT2D eigenvalue weighted by Crippen LogP contribution is 2.37. The van der Waals surface area contributed by atoms with Crippen LogP contribution in [0.4, 0.5) is 13.2 Å². The van der Waals surface area contributed by atoms with Crippen LogP contribution in [0, 0.1) is 5.92 Å². The highest BCUT2D eigenvalue weighted by Gasteiger charge is 2.42. The van der Waals surface area contributed by atoms with E-state index in [-0.39, 0.29) is 18.7 Å². The Bertz CT molecular complexity index is 507. The molecule has 1 aromatic heterocycles. The molecule has 3 nitrogen and oxygen atoms in total. The summed E-state index contributed by atoms with van der Waals surface area (Å²) >= 11 is 1.34. The Morgan fingerprint density at radius 3 is 2.86 bits per heavy atom. The molecular formula is C14H17F3N2OS. The van der Waals surface area contributed by atoms with Crippen molar-refractivity contribution in [1.82, 2.24) is 10.3 Å². The van der Waals surface area contributed by atoms with Gasteiger partial charge in [0.05, 0.1) is 11.5 Å². The second kappa shape index (κ2) is 6.68. The Morgan fingerprint density at radius 2 is 2.19 bits per heavy atom. The van der Waals surface area contributed by atoms with E-state index in [1.165, 1.54) is 11.8 Å². The van der Waals surface area contributed by atoms with Crippen LogP contribution >= 0.6 is 11.8 Å². The number of carbonyl (C=O) groups excluding carboxylic acids is 1. The van der Waals surface area contributed by atoms with Crippen molar-refractivity contribution in [2.75, 3.05) is 6.26 Å². The van der Waals surface area contributed by atoms with E-state index in [0.29, 0.717) is 23.4 Å². The van der Waals surface area contributed by atoms with Gasteiger partial charge >= 0.3 is 6.18 Å². The highest BCUT2D eigenvalue weighted by molar-refractivity contribution is 7.98. The minimum atomic E-state index is -4.18. The summed E-state index contributed by atoms with van der Waals surface area (Å²) in [6.07, 6.45) is 0.401. The molecule has 1 N–H and O–H groups in total.